The molecule has 0 spiro atoms. The van der Waals surface area contributed by atoms with Crippen LogP contribution in [0.3, 0.4) is 0 Å². The number of esters is 2. The van der Waals surface area contributed by atoms with Gasteiger partial charge in [-0.05, 0) is 64.2 Å². The van der Waals surface area contributed by atoms with Crippen LogP contribution in [0.5, 0.6) is 11.5 Å². The fraction of sp³-hybridized carbons (Fsp3) is 0.364. The van der Waals surface area contributed by atoms with E-state index in [1.54, 1.807) is 0 Å². The normalized spacial score (nSPS) is 11.3. The first kappa shape index (κ1) is 30.1. The van der Waals surface area contributed by atoms with Gasteiger partial charge in [-0.1, -0.05) is 19.9 Å². The van der Waals surface area contributed by atoms with E-state index in [1.807, 2.05) is 13.8 Å². The zero-order chi connectivity index (χ0) is 27.0. The molecular weight excluding hydrogens is 554 g/mol. The molecule has 0 saturated carbocycles. The summed E-state index contributed by atoms with van der Waals surface area (Å²) in [7, 11) is 2.29. The number of ether oxygens (including phenoxy) is 4. The number of benzene rings is 2. The van der Waals surface area contributed by atoms with Gasteiger partial charge in [-0.25, -0.2) is 9.59 Å². The lowest BCUT2D eigenvalue weighted by Crippen LogP contribution is -2.19. The molecule has 0 unspecified atom stereocenters. The van der Waals surface area contributed by atoms with Gasteiger partial charge in [-0.15, -0.1) is 26.3 Å². The third-order valence-electron chi connectivity index (χ3n) is 3.92. The van der Waals surface area contributed by atoms with Crippen LogP contribution < -0.4 is 9.47 Å². The highest BCUT2D eigenvalue weighted by molar-refractivity contribution is 9.10. The molecule has 0 radical (unpaired) electrons. The molecule has 0 N–H and O–H groups in total. The van der Waals surface area contributed by atoms with Crippen molar-refractivity contribution in [2.24, 2.45) is 5.92 Å². The van der Waals surface area contributed by atoms with E-state index < -0.39 is 30.4 Å². The van der Waals surface area contributed by atoms with Crippen molar-refractivity contribution in [2.45, 2.75) is 33.0 Å². The van der Waals surface area contributed by atoms with Crippen molar-refractivity contribution >= 4 is 27.9 Å². The van der Waals surface area contributed by atoms with E-state index in [0.717, 1.165) is 26.4 Å². The van der Waals surface area contributed by atoms with E-state index in [1.165, 1.54) is 24.3 Å². The summed E-state index contributed by atoms with van der Waals surface area (Å²) in [6, 6.07) is 7.47. The predicted octanol–water partition coefficient (Wildman–Crippen LogP) is 6.70. The highest BCUT2D eigenvalue weighted by Crippen LogP contribution is 2.32. The van der Waals surface area contributed by atoms with Gasteiger partial charge in [0.2, 0.25) is 0 Å². The Labute approximate surface area is 205 Å². The third kappa shape index (κ3) is 10.9. The van der Waals surface area contributed by atoms with Gasteiger partial charge in [0.25, 0.3) is 0 Å². The summed E-state index contributed by atoms with van der Waals surface area (Å²) in [5.41, 5.74) is 0.402. The van der Waals surface area contributed by atoms with Crippen molar-refractivity contribution in [2.75, 3.05) is 14.2 Å². The van der Waals surface area contributed by atoms with Crippen molar-refractivity contribution in [3.05, 3.63) is 57.6 Å². The minimum atomic E-state index is -4.81. The van der Waals surface area contributed by atoms with Crippen LogP contribution in [0.25, 0.3) is 0 Å². The zero-order valence-electron chi connectivity index (χ0n) is 18.8. The van der Waals surface area contributed by atoms with Crippen molar-refractivity contribution in [3.8, 4) is 11.5 Å². The number of halogens is 7. The molecule has 2 rings (SSSR count). The molecule has 0 aromatic heterocycles. The molecule has 2 aromatic rings. The second-order valence-electron chi connectivity index (χ2n) is 7.14. The summed E-state index contributed by atoms with van der Waals surface area (Å²) in [4.78, 5) is 22.4. The molecule has 2 aromatic carbocycles. The molecule has 0 aliphatic carbocycles. The van der Waals surface area contributed by atoms with Crippen molar-refractivity contribution in [1.29, 1.82) is 0 Å². The second-order valence-corrected chi connectivity index (χ2v) is 8.00. The topological polar surface area (TPSA) is 71.1 Å². The van der Waals surface area contributed by atoms with Gasteiger partial charge in [0.1, 0.15) is 11.5 Å². The Morgan fingerprint density at radius 1 is 0.800 bits per heavy atom. The van der Waals surface area contributed by atoms with E-state index in [0.29, 0.717) is 12.0 Å². The van der Waals surface area contributed by atoms with E-state index >= 15 is 0 Å². The van der Waals surface area contributed by atoms with Gasteiger partial charge in [-0.3, -0.25) is 0 Å². The number of hydrogen-bond donors (Lipinski definition) is 0. The predicted molar refractivity (Wildman–Crippen MR) is 115 cm³/mol. The van der Waals surface area contributed by atoms with Gasteiger partial charge in [-0.2, -0.15) is 0 Å². The third-order valence-corrected chi connectivity index (χ3v) is 4.58. The number of hydrogen-bond acceptors (Lipinski definition) is 6. The number of methoxy groups -OCH3 is 2. The van der Waals surface area contributed by atoms with Gasteiger partial charge >= 0.3 is 24.7 Å². The number of carbonyl (C=O) groups is 2. The average molecular weight is 575 g/mol. The Kier molecular flexibility index (Phi) is 10.9. The molecule has 194 valence electrons. The highest BCUT2D eigenvalue weighted by atomic mass is 79.9. The standard InChI is InChI=1S/C13H15F3O3.C9H6BrF3O3/c1-8(2)6-9-4-5-10(12(17)18-3)7-11(9)19-13(14,15)16;1-15-8(14)5-2-3-6(10)7(4-5)16-9(11,12)13/h4-5,7-8H,6H2,1-3H3;2-4H,1H3. The number of carbonyl (C=O) groups excluding carboxylic acids is 2. The van der Waals surface area contributed by atoms with Crippen molar-refractivity contribution in [1.82, 2.24) is 0 Å². The minimum Gasteiger partial charge on any atom is -0.465 e. The van der Waals surface area contributed by atoms with Crippen LogP contribution in [-0.2, 0) is 15.9 Å². The number of rotatable bonds is 6. The van der Waals surface area contributed by atoms with Crippen LogP contribution in [0, 0.1) is 5.92 Å². The van der Waals surface area contributed by atoms with Gasteiger partial charge in [0.15, 0.2) is 0 Å². The summed E-state index contributed by atoms with van der Waals surface area (Å²) < 4.78 is 89.5. The van der Waals surface area contributed by atoms with Crippen molar-refractivity contribution in [3.63, 3.8) is 0 Å². The van der Waals surface area contributed by atoms with Gasteiger partial charge in [0.05, 0.1) is 29.8 Å². The van der Waals surface area contributed by atoms with Gasteiger partial charge < -0.3 is 18.9 Å². The van der Waals surface area contributed by atoms with Crippen LogP contribution in [0.1, 0.15) is 40.1 Å². The summed E-state index contributed by atoms with van der Waals surface area (Å²) in [6.45, 7) is 3.76. The van der Waals surface area contributed by atoms with E-state index in [9.17, 15) is 35.9 Å². The summed E-state index contributed by atoms with van der Waals surface area (Å²) in [5, 5.41) is 0. The first-order chi connectivity index (χ1) is 16.1. The molecule has 0 aliphatic heterocycles. The zero-order valence-corrected chi connectivity index (χ0v) is 20.4. The molecule has 6 nitrogen and oxygen atoms in total. The molecule has 13 heteroatoms. The average Bonchev–Trinajstić information content (AvgIpc) is 2.73. The first-order valence-electron chi connectivity index (χ1n) is 9.66. The van der Waals surface area contributed by atoms with Gasteiger partial charge in [0, 0.05) is 0 Å². The highest BCUT2D eigenvalue weighted by Gasteiger charge is 2.33. The molecule has 0 saturated heterocycles. The molecular formula is C22H21BrF6O6. The molecule has 0 bridgehead atoms. The summed E-state index contributed by atoms with van der Waals surface area (Å²) in [5.74, 6) is -2.12. The molecule has 0 atom stereocenters. The Morgan fingerprint density at radius 3 is 1.66 bits per heavy atom. The Bertz CT molecular complexity index is 1020. The van der Waals surface area contributed by atoms with Crippen molar-refractivity contribution < 1.29 is 54.9 Å². The molecule has 0 aliphatic rings. The maximum Gasteiger partial charge on any atom is 0.573 e. The molecule has 0 heterocycles. The minimum absolute atomic E-state index is 0.0225. The van der Waals surface area contributed by atoms with E-state index in [4.69, 9.17) is 0 Å². The lowest BCUT2D eigenvalue weighted by Gasteiger charge is -2.15. The Balaban J connectivity index is 0.000000355. The first-order valence-corrected chi connectivity index (χ1v) is 10.5. The fourth-order valence-corrected chi connectivity index (χ4v) is 2.91. The van der Waals surface area contributed by atoms with Crippen LogP contribution in [0.15, 0.2) is 40.9 Å². The lowest BCUT2D eigenvalue weighted by atomic mass is 10.0. The van der Waals surface area contributed by atoms with Crippen LogP contribution in [0.4, 0.5) is 26.3 Å². The largest absolute Gasteiger partial charge is 0.573 e. The maximum atomic E-state index is 12.3. The molecule has 0 amide bonds. The lowest BCUT2D eigenvalue weighted by molar-refractivity contribution is -0.276. The maximum absolute atomic E-state index is 12.3. The quantitative estimate of drug-likeness (QED) is 0.282. The summed E-state index contributed by atoms with van der Waals surface area (Å²) in [6.07, 6.45) is -9.18. The monoisotopic (exact) mass is 574 g/mol. The fourth-order valence-electron chi connectivity index (χ4n) is 2.58. The van der Waals surface area contributed by atoms with Crippen LogP contribution >= 0.6 is 15.9 Å². The molecule has 0 fully saturated rings. The Morgan fingerprint density at radius 2 is 1.23 bits per heavy atom. The second kappa shape index (κ2) is 12.7. The number of alkyl halides is 6. The smallest absolute Gasteiger partial charge is 0.465 e. The van der Waals surface area contributed by atoms with E-state index in [2.05, 4.69) is 34.9 Å². The van der Waals surface area contributed by atoms with E-state index in [-0.39, 0.29) is 27.3 Å². The Hall–Kier alpha value is -2.96. The molecule has 35 heavy (non-hydrogen) atoms. The van der Waals surface area contributed by atoms with Crippen LogP contribution in [-0.4, -0.2) is 38.9 Å². The summed E-state index contributed by atoms with van der Waals surface area (Å²) >= 11 is 2.88. The van der Waals surface area contributed by atoms with Crippen LogP contribution in [0.2, 0.25) is 0 Å². The SMILES string of the molecule is COC(=O)c1ccc(Br)c(OC(F)(F)F)c1.COC(=O)c1ccc(CC(C)C)c(OC(F)(F)F)c1.